The number of methoxy groups -OCH3 is 1. The van der Waals surface area contributed by atoms with E-state index in [1.165, 1.54) is 12.1 Å². The molecule has 22 heavy (non-hydrogen) atoms. The lowest BCUT2D eigenvalue weighted by Crippen LogP contribution is -2.15. The number of hydrogen-bond donors (Lipinski definition) is 1. The van der Waals surface area contributed by atoms with Crippen molar-refractivity contribution >= 4 is 21.4 Å². The molecule has 0 spiro atoms. The van der Waals surface area contributed by atoms with Gasteiger partial charge in [0.1, 0.15) is 5.75 Å². The molecule has 4 nitrogen and oxygen atoms in total. The lowest BCUT2D eigenvalue weighted by molar-refractivity contribution is 0.414. The normalized spacial score (nSPS) is 24.0. The largest absolute Gasteiger partial charge is 0.497 e. The molecule has 3 rings (SSSR count). The highest BCUT2D eigenvalue weighted by atomic mass is 35.5. The molecule has 1 fully saturated rings. The molecule has 0 aliphatic heterocycles. The van der Waals surface area contributed by atoms with Gasteiger partial charge in [0.2, 0.25) is 0 Å². The van der Waals surface area contributed by atoms with E-state index in [0.717, 1.165) is 11.3 Å². The molecule has 6 heteroatoms. The Morgan fingerprint density at radius 2 is 1.64 bits per heavy atom. The van der Waals surface area contributed by atoms with E-state index >= 15 is 0 Å². The molecule has 0 bridgehead atoms. The van der Waals surface area contributed by atoms with Crippen LogP contribution in [-0.4, -0.2) is 26.8 Å². The van der Waals surface area contributed by atoms with Crippen molar-refractivity contribution in [2.75, 3.05) is 7.11 Å². The Morgan fingerprint density at radius 1 is 1.05 bits per heavy atom. The summed E-state index contributed by atoms with van der Waals surface area (Å²) in [7, 11) is -1.87. The molecule has 0 heterocycles. The summed E-state index contributed by atoms with van der Waals surface area (Å²) in [6.45, 7) is 0. The number of rotatable bonds is 4. The van der Waals surface area contributed by atoms with Gasteiger partial charge in [-0.3, -0.25) is 0 Å². The van der Waals surface area contributed by atoms with Crippen molar-refractivity contribution in [3.05, 3.63) is 59.1 Å². The van der Waals surface area contributed by atoms with Gasteiger partial charge in [0.25, 0.3) is 0 Å². The van der Waals surface area contributed by atoms with Gasteiger partial charge in [0.15, 0.2) is 9.84 Å². The van der Waals surface area contributed by atoms with Crippen LogP contribution in [0, 0.1) is 0 Å². The van der Waals surface area contributed by atoms with E-state index in [4.69, 9.17) is 22.1 Å². The Kier molecular flexibility index (Phi) is 3.89. The van der Waals surface area contributed by atoms with Crippen LogP contribution in [0.25, 0.3) is 0 Å². The maximum atomic E-state index is 12.7. The second-order valence-electron chi connectivity index (χ2n) is 5.34. The molecule has 3 atom stereocenters. The predicted molar refractivity (Wildman–Crippen MR) is 86.1 cm³/mol. The lowest BCUT2D eigenvalue weighted by Gasteiger charge is -2.05. The standard InChI is InChI=1S/C16H16ClNO3S/c1-21-12-6-2-10(3-7-12)14-15(18)16(14)22(19,20)13-8-4-11(17)5-9-13/h2-9,14-16H,18H2,1H3/t14-,15-,16+/m1/s1. The zero-order chi connectivity index (χ0) is 15.9. The topological polar surface area (TPSA) is 69.4 Å². The number of benzene rings is 2. The van der Waals surface area contributed by atoms with Gasteiger partial charge in [-0.2, -0.15) is 0 Å². The zero-order valence-electron chi connectivity index (χ0n) is 11.9. The van der Waals surface area contributed by atoms with Crippen LogP contribution in [0.2, 0.25) is 5.02 Å². The van der Waals surface area contributed by atoms with E-state index in [2.05, 4.69) is 0 Å². The van der Waals surface area contributed by atoms with Gasteiger partial charge in [-0.1, -0.05) is 23.7 Å². The SMILES string of the molecule is COc1ccc([C@@H]2[C@@H](N)[C@H]2S(=O)(=O)c2ccc(Cl)cc2)cc1. The van der Waals surface area contributed by atoms with Crippen molar-refractivity contribution < 1.29 is 13.2 Å². The van der Waals surface area contributed by atoms with Crippen LogP contribution in [0.1, 0.15) is 11.5 Å². The Balaban J connectivity index is 1.87. The minimum atomic E-state index is -3.46. The number of ether oxygens (including phenoxy) is 1. The van der Waals surface area contributed by atoms with Crippen LogP contribution >= 0.6 is 11.6 Å². The third-order valence-electron chi connectivity index (χ3n) is 4.01. The second-order valence-corrected chi connectivity index (χ2v) is 7.88. The van der Waals surface area contributed by atoms with Gasteiger partial charge in [0, 0.05) is 17.0 Å². The van der Waals surface area contributed by atoms with Crippen molar-refractivity contribution in [1.29, 1.82) is 0 Å². The first-order chi connectivity index (χ1) is 10.4. The van der Waals surface area contributed by atoms with E-state index in [1.54, 1.807) is 19.2 Å². The van der Waals surface area contributed by atoms with Gasteiger partial charge in [-0.25, -0.2) is 8.42 Å². The van der Waals surface area contributed by atoms with Crippen LogP contribution in [-0.2, 0) is 9.84 Å². The molecule has 0 radical (unpaired) electrons. The number of halogens is 1. The molecular formula is C16H16ClNO3S. The predicted octanol–water partition coefficient (Wildman–Crippen LogP) is 2.62. The van der Waals surface area contributed by atoms with E-state index in [1.807, 2.05) is 24.3 Å². The summed E-state index contributed by atoms with van der Waals surface area (Å²) in [5.41, 5.74) is 6.94. The number of nitrogens with two attached hydrogens (primary N) is 1. The summed E-state index contributed by atoms with van der Waals surface area (Å²) in [5.74, 6) is 0.543. The average Bonchev–Trinajstić information content (AvgIpc) is 3.20. The first kappa shape index (κ1) is 15.3. The molecule has 0 aromatic heterocycles. The van der Waals surface area contributed by atoms with E-state index in [9.17, 15) is 8.42 Å². The summed E-state index contributed by atoms with van der Waals surface area (Å²) in [5, 5.41) is -0.0900. The maximum Gasteiger partial charge on any atom is 0.183 e. The highest BCUT2D eigenvalue weighted by Gasteiger charge is 2.57. The van der Waals surface area contributed by atoms with Crippen molar-refractivity contribution in [3.63, 3.8) is 0 Å². The molecule has 2 aromatic carbocycles. The van der Waals surface area contributed by atoms with E-state index < -0.39 is 21.1 Å². The fourth-order valence-corrected chi connectivity index (χ4v) is 4.90. The number of sulfone groups is 1. The van der Waals surface area contributed by atoms with Crippen molar-refractivity contribution in [2.45, 2.75) is 22.1 Å². The lowest BCUT2D eigenvalue weighted by atomic mass is 10.1. The fraction of sp³-hybridized carbons (Fsp3) is 0.250. The molecule has 116 valence electrons. The first-order valence-electron chi connectivity index (χ1n) is 6.84. The average molecular weight is 338 g/mol. The fourth-order valence-electron chi connectivity index (χ4n) is 2.72. The monoisotopic (exact) mass is 337 g/mol. The molecule has 0 amide bonds. The van der Waals surface area contributed by atoms with Crippen LogP contribution in [0.3, 0.4) is 0 Å². The summed E-state index contributed by atoms with van der Waals surface area (Å²) in [6, 6.07) is 13.1. The molecule has 0 saturated heterocycles. The van der Waals surface area contributed by atoms with Gasteiger partial charge in [-0.05, 0) is 42.0 Å². The van der Waals surface area contributed by atoms with Gasteiger partial charge in [0.05, 0.1) is 17.3 Å². The highest BCUT2D eigenvalue weighted by Crippen LogP contribution is 2.47. The molecule has 0 unspecified atom stereocenters. The van der Waals surface area contributed by atoms with Gasteiger partial charge < -0.3 is 10.5 Å². The molecule has 1 aliphatic rings. The third kappa shape index (κ3) is 2.60. The first-order valence-corrected chi connectivity index (χ1v) is 8.76. The smallest absolute Gasteiger partial charge is 0.183 e. The minimum Gasteiger partial charge on any atom is -0.497 e. The highest BCUT2D eigenvalue weighted by molar-refractivity contribution is 7.92. The van der Waals surface area contributed by atoms with Gasteiger partial charge in [-0.15, -0.1) is 0 Å². The van der Waals surface area contributed by atoms with Gasteiger partial charge >= 0.3 is 0 Å². The van der Waals surface area contributed by atoms with Crippen molar-refractivity contribution in [2.24, 2.45) is 5.73 Å². The number of hydrogen-bond acceptors (Lipinski definition) is 4. The quantitative estimate of drug-likeness (QED) is 0.931. The van der Waals surface area contributed by atoms with Crippen molar-refractivity contribution in [1.82, 2.24) is 0 Å². The minimum absolute atomic E-state index is 0.188. The van der Waals surface area contributed by atoms with E-state index in [0.29, 0.717) is 5.02 Å². The van der Waals surface area contributed by atoms with Crippen LogP contribution in [0.5, 0.6) is 5.75 Å². The molecule has 1 saturated carbocycles. The summed E-state index contributed by atoms with van der Waals surface area (Å²) in [6.07, 6.45) is 0. The molecule has 2 aromatic rings. The Bertz CT molecular complexity index is 772. The maximum absolute atomic E-state index is 12.7. The van der Waals surface area contributed by atoms with Crippen LogP contribution in [0.4, 0.5) is 0 Å². The van der Waals surface area contributed by atoms with Crippen LogP contribution < -0.4 is 10.5 Å². The molecular weight excluding hydrogens is 322 g/mol. The Hall–Kier alpha value is -1.56. The van der Waals surface area contributed by atoms with Crippen LogP contribution in [0.15, 0.2) is 53.4 Å². The zero-order valence-corrected chi connectivity index (χ0v) is 13.5. The Labute approximate surface area is 134 Å². The van der Waals surface area contributed by atoms with Crippen molar-refractivity contribution in [3.8, 4) is 5.75 Å². The third-order valence-corrected chi connectivity index (χ3v) is 6.51. The summed E-state index contributed by atoms with van der Waals surface area (Å²) >= 11 is 5.81. The summed E-state index contributed by atoms with van der Waals surface area (Å²) < 4.78 is 30.5. The van der Waals surface area contributed by atoms with E-state index in [-0.39, 0.29) is 10.8 Å². The second kappa shape index (κ2) is 5.57. The summed E-state index contributed by atoms with van der Waals surface area (Å²) in [4.78, 5) is 0.258. The molecule has 2 N–H and O–H groups in total. The molecule has 1 aliphatic carbocycles. The Morgan fingerprint density at radius 3 is 2.18 bits per heavy atom.